The minimum atomic E-state index is -1.45. The van der Waals surface area contributed by atoms with Crippen LogP contribution in [-0.2, 0) is 12.2 Å². The van der Waals surface area contributed by atoms with Gasteiger partial charge in [0.25, 0.3) is 0 Å². The van der Waals surface area contributed by atoms with Crippen LogP contribution in [-0.4, -0.2) is 12.0 Å². The fourth-order valence-corrected chi connectivity index (χ4v) is 1.64. The van der Waals surface area contributed by atoms with E-state index < -0.39 is 5.67 Å². The number of rotatable bonds is 3. The van der Waals surface area contributed by atoms with Crippen LogP contribution in [0.2, 0.25) is 0 Å². The van der Waals surface area contributed by atoms with Crippen molar-refractivity contribution in [2.45, 2.75) is 26.1 Å². The Morgan fingerprint density at radius 2 is 2.19 bits per heavy atom. The minimum Gasteiger partial charge on any atom is -0.454 e. The highest BCUT2D eigenvalue weighted by atomic mass is 19.1. The summed E-state index contributed by atoms with van der Waals surface area (Å²) in [6, 6.07) is 3.29. The van der Waals surface area contributed by atoms with E-state index in [-0.39, 0.29) is 13.3 Å². The highest BCUT2D eigenvalue weighted by Crippen LogP contribution is 2.40. The summed E-state index contributed by atoms with van der Waals surface area (Å²) >= 11 is 0. The van der Waals surface area contributed by atoms with Gasteiger partial charge in [-0.2, -0.15) is 0 Å². The van der Waals surface area contributed by atoms with Crippen LogP contribution in [0.3, 0.4) is 0 Å². The van der Waals surface area contributed by atoms with E-state index in [0.717, 1.165) is 0 Å². The average Bonchev–Trinajstić information content (AvgIpc) is 2.64. The molecule has 0 aliphatic carbocycles. The van der Waals surface area contributed by atoms with Gasteiger partial charge in [-0.1, -0.05) is 0 Å². The molecule has 0 fully saturated rings. The molecule has 1 aromatic rings. The molecule has 5 heteroatoms. The Balaban J connectivity index is 2.47. The zero-order chi connectivity index (χ0) is 11.8. The molecule has 16 heavy (non-hydrogen) atoms. The quantitative estimate of drug-likeness (QED) is 0.776. The molecule has 0 saturated carbocycles. The van der Waals surface area contributed by atoms with Gasteiger partial charge in [-0.3, -0.25) is 0 Å². The second-order valence-corrected chi connectivity index (χ2v) is 4.18. The van der Waals surface area contributed by atoms with Crippen LogP contribution in [0.25, 0.3) is 0 Å². The third-order valence-electron chi connectivity index (χ3n) is 2.51. The zero-order valence-electron chi connectivity index (χ0n) is 9.21. The maximum absolute atomic E-state index is 13.8. The van der Waals surface area contributed by atoms with Crippen LogP contribution in [0.15, 0.2) is 12.1 Å². The number of hydrogen-bond acceptors (Lipinski definition) is 4. The number of hydroxylamine groups is 1. The van der Waals surface area contributed by atoms with Crippen LogP contribution in [0, 0.1) is 0 Å². The van der Waals surface area contributed by atoms with Crippen molar-refractivity contribution in [2.75, 3.05) is 6.79 Å². The standard InChI is InChI=1S/C11H14FNO3/c1-11(2,12)8-3-7(5-13-14)10-9(4-8)15-6-16-10/h3-4,13-14H,5-6H2,1-2H3. The SMILES string of the molecule is CC(C)(F)c1cc(CNO)c2c(c1)OCO2. The van der Waals surface area contributed by atoms with E-state index in [1.165, 1.54) is 13.8 Å². The summed E-state index contributed by atoms with van der Waals surface area (Å²) in [4.78, 5) is 0. The zero-order valence-corrected chi connectivity index (χ0v) is 9.21. The summed E-state index contributed by atoms with van der Waals surface area (Å²) in [5, 5.41) is 8.70. The predicted molar refractivity (Wildman–Crippen MR) is 55.3 cm³/mol. The molecule has 0 radical (unpaired) electrons. The van der Waals surface area contributed by atoms with Crippen LogP contribution < -0.4 is 15.0 Å². The predicted octanol–water partition coefficient (Wildman–Crippen LogP) is 2.10. The fourth-order valence-electron chi connectivity index (χ4n) is 1.64. The molecule has 0 amide bonds. The maximum atomic E-state index is 13.8. The lowest BCUT2D eigenvalue weighted by molar-refractivity contribution is 0.155. The third-order valence-corrected chi connectivity index (χ3v) is 2.51. The van der Waals surface area contributed by atoms with E-state index in [1.54, 1.807) is 12.1 Å². The number of ether oxygens (including phenoxy) is 2. The lowest BCUT2D eigenvalue weighted by Gasteiger charge is -2.17. The Kier molecular flexibility index (Phi) is 2.73. The summed E-state index contributed by atoms with van der Waals surface area (Å²) in [5.74, 6) is 1.09. The summed E-state index contributed by atoms with van der Waals surface area (Å²) in [6.45, 7) is 3.26. The Morgan fingerprint density at radius 1 is 1.44 bits per heavy atom. The van der Waals surface area contributed by atoms with Gasteiger partial charge in [-0.05, 0) is 31.5 Å². The normalized spacial score (nSPS) is 14.2. The topological polar surface area (TPSA) is 50.7 Å². The number of nitrogens with one attached hydrogen (secondary N) is 1. The van der Waals surface area contributed by atoms with Crippen molar-refractivity contribution in [2.24, 2.45) is 0 Å². The number of hydrogen-bond donors (Lipinski definition) is 2. The molecule has 0 aromatic heterocycles. The monoisotopic (exact) mass is 227 g/mol. The molecule has 0 atom stereocenters. The average molecular weight is 227 g/mol. The summed E-state index contributed by atoms with van der Waals surface area (Å²) in [7, 11) is 0. The molecule has 1 heterocycles. The van der Waals surface area contributed by atoms with Gasteiger partial charge in [-0.25, -0.2) is 9.87 Å². The van der Waals surface area contributed by atoms with Gasteiger partial charge in [-0.15, -0.1) is 0 Å². The molecule has 2 N–H and O–H groups in total. The van der Waals surface area contributed by atoms with E-state index in [9.17, 15) is 4.39 Å². The highest BCUT2D eigenvalue weighted by molar-refractivity contribution is 5.51. The molecular formula is C11H14FNO3. The minimum absolute atomic E-state index is 0.129. The number of alkyl halides is 1. The fraction of sp³-hybridized carbons (Fsp3) is 0.455. The highest BCUT2D eigenvalue weighted by Gasteiger charge is 2.25. The first kappa shape index (κ1) is 11.2. The van der Waals surface area contributed by atoms with Gasteiger partial charge >= 0.3 is 0 Å². The van der Waals surface area contributed by atoms with E-state index in [4.69, 9.17) is 14.7 Å². The molecule has 4 nitrogen and oxygen atoms in total. The van der Waals surface area contributed by atoms with Crippen molar-refractivity contribution >= 4 is 0 Å². The largest absolute Gasteiger partial charge is 0.454 e. The number of halogens is 1. The number of benzene rings is 1. The molecule has 0 spiro atoms. The van der Waals surface area contributed by atoms with Crippen molar-refractivity contribution in [3.63, 3.8) is 0 Å². The maximum Gasteiger partial charge on any atom is 0.231 e. The summed E-state index contributed by atoms with van der Waals surface area (Å²) in [6.07, 6.45) is 0. The Morgan fingerprint density at radius 3 is 2.81 bits per heavy atom. The van der Waals surface area contributed by atoms with Crippen LogP contribution in [0.5, 0.6) is 11.5 Å². The second kappa shape index (κ2) is 3.92. The second-order valence-electron chi connectivity index (χ2n) is 4.18. The van der Waals surface area contributed by atoms with Gasteiger partial charge < -0.3 is 14.7 Å². The van der Waals surface area contributed by atoms with E-state index in [2.05, 4.69) is 0 Å². The van der Waals surface area contributed by atoms with Gasteiger partial charge in [0, 0.05) is 12.1 Å². The molecule has 1 aliphatic rings. The van der Waals surface area contributed by atoms with Gasteiger partial charge in [0.05, 0.1) is 0 Å². The van der Waals surface area contributed by atoms with Gasteiger partial charge in [0.2, 0.25) is 6.79 Å². The number of fused-ring (bicyclic) bond motifs is 1. The van der Waals surface area contributed by atoms with E-state index >= 15 is 0 Å². The molecule has 88 valence electrons. The molecule has 1 aliphatic heterocycles. The molecule has 0 unspecified atom stereocenters. The van der Waals surface area contributed by atoms with Crippen molar-refractivity contribution < 1.29 is 19.1 Å². The van der Waals surface area contributed by atoms with E-state index in [0.29, 0.717) is 22.6 Å². The molecule has 0 bridgehead atoms. The Labute approximate surface area is 92.9 Å². The van der Waals surface area contributed by atoms with E-state index in [1.807, 2.05) is 5.48 Å². The Hall–Kier alpha value is -1.33. The smallest absolute Gasteiger partial charge is 0.231 e. The van der Waals surface area contributed by atoms with Crippen molar-refractivity contribution in [3.8, 4) is 11.5 Å². The summed E-state index contributed by atoms with van der Waals surface area (Å²) < 4.78 is 24.3. The lowest BCUT2D eigenvalue weighted by Crippen LogP contribution is -2.12. The first-order valence-corrected chi connectivity index (χ1v) is 5.01. The Bertz CT molecular complexity index is 401. The van der Waals surface area contributed by atoms with Gasteiger partial charge in [0.15, 0.2) is 11.5 Å². The van der Waals surface area contributed by atoms with Crippen LogP contribution in [0.1, 0.15) is 25.0 Å². The van der Waals surface area contributed by atoms with Gasteiger partial charge in [0.1, 0.15) is 5.67 Å². The van der Waals surface area contributed by atoms with Crippen molar-refractivity contribution in [1.82, 2.24) is 5.48 Å². The lowest BCUT2D eigenvalue weighted by atomic mass is 9.97. The molecular weight excluding hydrogens is 213 g/mol. The van der Waals surface area contributed by atoms with Crippen LogP contribution >= 0.6 is 0 Å². The molecule has 1 aromatic carbocycles. The summed E-state index contributed by atoms with van der Waals surface area (Å²) in [5.41, 5.74) is 1.76. The van der Waals surface area contributed by atoms with Crippen LogP contribution in [0.4, 0.5) is 4.39 Å². The molecule has 2 rings (SSSR count). The first-order valence-electron chi connectivity index (χ1n) is 5.01. The molecule has 0 saturated heterocycles. The first-order chi connectivity index (χ1) is 7.52. The third kappa shape index (κ3) is 1.96. The van der Waals surface area contributed by atoms with Crippen molar-refractivity contribution in [1.29, 1.82) is 0 Å². The van der Waals surface area contributed by atoms with Crippen molar-refractivity contribution in [3.05, 3.63) is 23.3 Å².